The number of benzene rings is 4. The molecule has 2 heterocycles. The van der Waals surface area contributed by atoms with Crippen molar-refractivity contribution in [1.29, 1.82) is 0 Å². The van der Waals surface area contributed by atoms with E-state index in [4.69, 9.17) is 25.9 Å². The third-order valence-electron chi connectivity index (χ3n) is 11.9. The number of rotatable bonds is 8. The summed E-state index contributed by atoms with van der Waals surface area (Å²) in [5.74, 6) is 4.42. The molecule has 0 N–H and O–H groups in total. The van der Waals surface area contributed by atoms with E-state index < -0.39 is 20.8 Å². The number of halogens is 2. The van der Waals surface area contributed by atoms with Crippen LogP contribution in [-0.4, -0.2) is 9.52 Å². The normalized spacial score (nSPS) is 16.0. The molecule has 296 valence electrons. The van der Waals surface area contributed by atoms with Gasteiger partial charge in [-0.25, -0.2) is 0 Å². The van der Waals surface area contributed by atoms with Gasteiger partial charge in [-0.3, -0.25) is 0 Å². The van der Waals surface area contributed by atoms with Crippen molar-refractivity contribution in [1.82, 2.24) is 0 Å². The van der Waals surface area contributed by atoms with Crippen molar-refractivity contribution in [3.05, 3.63) is 165 Å². The quantitative estimate of drug-likeness (QED) is 0.142. The number of fused-ring (bicyclic) bond motifs is 2. The average molecular weight is 901 g/mol. The topological polar surface area (TPSA) is 26.3 Å². The van der Waals surface area contributed by atoms with Gasteiger partial charge in [-0.05, 0) is 154 Å². The fraction of sp³-hybridized carbons (Fsp3) is 0.308. The summed E-state index contributed by atoms with van der Waals surface area (Å²) in [7, 11) is 10.6. The van der Waals surface area contributed by atoms with Crippen molar-refractivity contribution in [2.24, 2.45) is 0 Å². The Morgan fingerprint density at radius 3 is 1.19 bits per heavy atom. The summed E-state index contributed by atoms with van der Waals surface area (Å²) in [6.07, 6.45) is 4.87. The molecule has 2 atom stereocenters. The Morgan fingerprint density at radius 2 is 0.879 bits per heavy atom. The summed E-state index contributed by atoms with van der Waals surface area (Å²) in [5, 5.41) is 0. The number of aryl methyl sites for hydroxylation is 4. The third kappa shape index (κ3) is 8.74. The van der Waals surface area contributed by atoms with E-state index in [2.05, 4.69) is 165 Å². The molecule has 58 heavy (non-hydrogen) atoms. The molecule has 2 unspecified atom stereocenters. The molecule has 0 aliphatic heterocycles. The molecule has 0 bridgehead atoms. The molecule has 2 aliphatic rings. The standard InChI is InChI=1S/C52H54O2Si.2ClH.Zr/c1-31-11-23-39-43(49(31)35-15-19-37(20-16-35)51(5,6)7)27-41(47-25-13-33(3)53-47)45(39)29-55-30-46-40-24-12-32(2)50(36-17-21-38(22-18-36)52(8,9)10)44(40)28-42(46)48-26-14-34(4)54-48;;;/h11-28,45-46H,29-30H2,1-10H3;2*1H;/q;;;+2/p-2. The molecular formula is C52H54Cl2O2SiZr. The van der Waals surface area contributed by atoms with Gasteiger partial charge in [0.05, 0.1) is 0 Å². The summed E-state index contributed by atoms with van der Waals surface area (Å²) in [6, 6.07) is 38.6. The van der Waals surface area contributed by atoms with Crippen LogP contribution in [0.4, 0.5) is 0 Å². The van der Waals surface area contributed by atoms with Gasteiger partial charge in [-0.2, -0.15) is 0 Å². The van der Waals surface area contributed by atoms with Crippen molar-refractivity contribution in [3.8, 4) is 22.3 Å². The molecule has 0 saturated carbocycles. The Bertz CT molecular complexity index is 2310. The fourth-order valence-corrected chi connectivity index (χ4v) is 10.4. The van der Waals surface area contributed by atoms with Crippen molar-refractivity contribution < 1.29 is 29.7 Å². The van der Waals surface area contributed by atoms with Crippen LogP contribution in [-0.2, 0) is 31.7 Å². The minimum atomic E-state index is -0.826. The molecule has 0 fully saturated rings. The maximum absolute atomic E-state index is 6.37. The molecule has 2 radical (unpaired) electrons. The molecule has 0 spiro atoms. The van der Waals surface area contributed by atoms with Crippen LogP contribution >= 0.6 is 17.0 Å². The third-order valence-corrected chi connectivity index (χ3v) is 13.3. The van der Waals surface area contributed by atoms with Crippen LogP contribution in [0.25, 0.3) is 45.6 Å². The Balaban J connectivity index is 0.00000166. The van der Waals surface area contributed by atoms with E-state index in [9.17, 15) is 0 Å². The zero-order chi connectivity index (χ0) is 41.5. The van der Waals surface area contributed by atoms with Crippen LogP contribution in [0.15, 0.2) is 106 Å². The van der Waals surface area contributed by atoms with Crippen LogP contribution in [0.5, 0.6) is 0 Å². The first kappa shape index (κ1) is 42.7. The average Bonchev–Trinajstić information content (AvgIpc) is 3.97. The first-order valence-electron chi connectivity index (χ1n) is 20.3. The molecule has 8 rings (SSSR count). The minimum absolute atomic E-state index is 0.116. The fourth-order valence-electron chi connectivity index (χ4n) is 8.77. The maximum atomic E-state index is 6.37. The van der Waals surface area contributed by atoms with E-state index in [0.29, 0.717) is 0 Å². The van der Waals surface area contributed by atoms with E-state index >= 15 is 0 Å². The van der Waals surface area contributed by atoms with E-state index in [1.165, 1.54) is 77.9 Å². The van der Waals surface area contributed by atoms with Crippen molar-refractivity contribution >= 4 is 49.8 Å². The van der Waals surface area contributed by atoms with Crippen LogP contribution < -0.4 is 0 Å². The number of hydrogen-bond acceptors (Lipinski definition) is 2. The Morgan fingerprint density at radius 1 is 0.517 bits per heavy atom. The molecular weight excluding hydrogens is 847 g/mol. The van der Waals surface area contributed by atoms with Crippen molar-refractivity contribution in [3.63, 3.8) is 0 Å². The molecule has 0 saturated heterocycles. The molecule has 2 nitrogen and oxygen atoms in total. The summed E-state index contributed by atoms with van der Waals surface area (Å²) in [4.78, 5) is 0. The predicted molar refractivity (Wildman–Crippen MR) is 246 cm³/mol. The Hall–Kier alpha value is -3.40. The van der Waals surface area contributed by atoms with Crippen LogP contribution in [0.3, 0.4) is 0 Å². The second kappa shape index (κ2) is 17.3. The van der Waals surface area contributed by atoms with Gasteiger partial charge < -0.3 is 8.83 Å². The van der Waals surface area contributed by atoms with Gasteiger partial charge in [0.15, 0.2) is 0 Å². The van der Waals surface area contributed by atoms with Gasteiger partial charge in [-0.15, -0.1) is 0 Å². The SMILES string of the molecule is Cc1ccc(C2=Cc3c(ccc(C)c3-c3ccc(C(C)(C)C)cc3)C2C[Si]CC2C(c3ccc(C)o3)=Cc3c2ccc(C)c3-c2ccc(C(C)(C)C)cc2)o1.[Cl][Zr][Cl]. The van der Waals surface area contributed by atoms with Gasteiger partial charge in [-0.1, -0.05) is 114 Å². The van der Waals surface area contributed by atoms with Gasteiger partial charge in [0.25, 0.3) is 0 Å². The summed E-state index contributed by atoms with van der Waals surface area (Å²) in [5.41, 5.74) is 18.9. The summed E-state index contributed by atoms with van der Waals surface area (Å²) in [6.45, 7) is 22.3. The van der Waals surface area contributed by atoms with Gasteiger partial charge >= 0.3 is 37.9 Å². The second-order valence-corrected chi connectivity index (χ2v) is 23.1. The van der Waals surface area contributed by atoms with Crippen LogP contribution in [0.2, 0.25) is 12.1 Å². The van der Waals surface area contributed by atoms with Crippen molar-refractivity contribution in [2.45, 2.75) is 104 Å². The number of hydrogen-bond donors (Lipinski definition) is 0. The first-order chi connectivity index (χ1) is 27.6. The van der Waals surface area contributed by atoms with Gasteiger partial charge in [0.1, 0.15) is 23.0 Å². The first-order valence-corrected chi connectivity index (χ1v) is 28.1. The van der Waals surface area contributed by atoms with Crippen LogP contribution in [0, 0.1) is 27.7 Å². The van der Waals surface area contributed by atoms with Gasteiger partial charge in [0.2, 0.25) is 0 Å². The molecule has 2 aliphatic carbocycles. The molecule has 4 aromatic carbocycles. The molecule has 0 amide bonds. The monoisotopic (exact) mass is 898 g/mol. The number of furan rings is 2. The van der Waals surface area contributed by atoms with Crippen molar-refractivity contribution in [2.75, 3.05) is 0 Å². The van der Waals surface area contributed by atoms with E-state index in [1.54, 1.807) is 0 Å². The summed E-state index contributed by atoms with van der Waals surface area (Å²) >= 11 is -0.826. The van der Waals surface area contributed by atoms with E-state index in [0.717, 1.165) is 44.6 Å². The second-order valence-electron chi connectivity index (χ2n) is 18.0. The van der Waals surface area contributed by atoms with E-state index in [-0.39, 0.29) is 22.7 Å². The molecule has 2 aromatic heterocycles. The Labute approximate surface area is 367 Å². The Kier molecular flexibility index (Phi) is 12.7. The zero-order valence-electron chi connectivity index (χ0n) is 35.5. The zero-order valence-corrected chi connectivity index (χ0v) is 40.5. The van der Waals surface area contributed by atoms with Crippen LogP contribution in [0.1, 0.15) is 121 Å². The predicted octanol–water partition coefficient (Wildman–Crippen LogP) is 15.9. The molecule has 6 heteroatoms. The van der Waals surface area contributed by atoms with E-state index in [1.807, 2.05) is 13.8 Å². The summed E-state index contributed by atoms with van der Waals surface area (Å²) < 4.78 is 12.7. The number of allylic oxidation sites excluding steroid dienone is 2. The molecule has 6 aromatic rings. The van der Waals surface area contributed by atoms with Gasteiger partial charge in [0, 0.05) is 32.5 Å².